The molecule has 2 unspecified atom stereocenters. The van der Waals surface area contributed by atoms with Crippen molar-refractivity contribution >= 4 is 41.8 Å². The Hall–Kier alpha value is -3.49. The molecule has 4 aromatic heterocycles. The van der Waals surface area contributed by atoms with Crippen molar-refractivity contribution in [1.82, 2.24) is 34.0 Å². The van der Waals surface area contributed by atoms with E-state index in [1.54, 1.807) is 23.1 Å². The maximum Gasteiger partial charge on any atom is 0.410 e. The highest BCUT2D eigenvalue weighted by atomic mass is 28.3. The van der Waals surface area contributed by atoms with E-state index in [4.69, 9.17) is 34.0 Å². The van der Waals surface area contributed by atoms with Crippen LogP contribution in [0.15, 0.2) is 36.9 Å². The van der Waals surface area contributed by atoms with Gasteiger partial charge >= 0.3 is 6.09 Å². The van der Waals surface area contributed by atoms with E-state index in [0.29, 0.717) is 56.4 Å². The molecule has 2 bridgehead atoms. The number of rotatable bonds is 19. The normalized spacial score (nSPS) is 18.6. The van der Waals surface area contributed by atoms with Crippen LogP contribution in [0.4, 0.5) is 15.0 Å². The van der Waals surface area contributed by atoms with Crippen LogP contribution in [-0.4, -0.2) is 115 Å². The zero-order valence-corrected chi connectivity index (χ0v) is 41.9. The Morgan fingerprint density at radius 3 is 1.97 bits per heavy atom. The van der Waals surface area contributed by atoms with E-state index in [0.717, 1.165) is 47.9 Å². The number of hydrogen-bond acceptors (Lipinski definition) is 10. The van der Waals surface area contributed by atoms with E-state index in [9.17, 15) is 4.79 Å². The van der Waals surface area contributed by atoms with Crippen LogP contribution >= 0.6 is 0 Å². The summed E-state index contributed by atoms with van der Waals surface area (Å²) >= 11 is 0. The van der Waals surface area contributed by atoms with Crippen LogP contribution in [0, 0.1) is 5.82 Å². The summed E-state index contributed by atoms with van der Waals surface area (Å²) < 4.78 is 45.7. The number of halogens is 1. The van der Waals surface area contributed by atoms with Gasteiger partial charge < -0.3 is 33.3 Å². The van der Waals surface area contributed by atoms with Crippen LogP contribution in [0.3, 0.4) is 0 Å². The van der Waals surface area contributed by atoms with E-state index in [1.165, 1.54) is 0 Å². The molecule has 2 fully saturated rings. The quantitative estimate of drug-likeness (QED) is 0.0511. The minimum Gasteiger partial charge on any atom is -0.444 e. The molecule has 0 aliphatic carbocycles. The van der Waals surface area contributed by atoms with Gasteiger partial charge in [-0.2, -0.15) is 9.61 Å². The first-order valence-corrected chi connectivity index (χ1v) is 33.2. The molecule has 4 aromatic rings. The second-order valence-electron chi connectivity index (χ2n) is 21.6. The molecular formula is C44H71FN8O5Si3. The molecule has 0 radical (unpaired) electrons. The Morgan fingerprint density at radius 2 is 1.43 bits per heavy atom. The third-order valence-corrected chi connectivity index (χ3v) is 16.5. The van der Waals surface area contributed by atoms with Crippen LogP contribution in [0.25, 0.3) is 28.3 Å². The van der Waals surface area contributed by atoms with Crippen molar-refractivity contribution in [2.24, 2.45) is 0 Å². The summed E-state index contributed by atoms with van der Waals surface area (Å²) in [6.07, 6.45) is 9.78. The molecule has 1 amide bonds. The van der Waals surface area contributed by atoms with Crippen molar-refractivity contribution in [2.75, 3.05) is 38.2 Å². The second kappa shape index (κ2) is 19.1. The van der Waals surface area contributed by atoms with E-state index in [1.807, 2.05) is 53.5 Å². The molecule has 13 nitrogen and oxygen atoms in total. The Labute approximate surface area is 365 Å². The Balaban J connectivity index is 1.36. The van der Waals surface area contributed by atoms with Gasteiger partial charge in [0, 0.05) is 91.8 Å². The van der Waals surface area contributed by atoms with E-state index in [2.05, 4.69) is 63.9 Å². The summed E-state index contributed by atoms with van der Waals surface area (Å²) in [7, 11) is -3.97. The maximum atomic E-state index is 17.6. The topological polar surface area (TPSA) is 121 Å². The number of nitrogens with zero attached hydrogens (tertiary/aromatic N) is 8. The summed E-state index contributed by atoms with van der Waals surface area (Å²) in [5.74, 6) is 0.315. The van der Waals surface area contributed by atoms with Gasteiger partial charge in [0.25, 0.3) is 0 Å². The van der Waals surface area contributed by atoms with Gasteiger partial charge in [0.05, 0.1) is 11.9 Å². The number of ether oxygens (including phenoxy) is 4. The number of hydrogen-bond donors (Lipinski definition) is 0. The first-order valence-electron chi connectivity index (χ1n) is 22.1. The zero-order chi connectivity index (χ0) is 44.3. The monoisotopic (exact) mass is 894 g/mol. The lowest BCUT2D eigenvalue weighted by atomic mass is 9.87. The van der Waals surface area contributed by atoms with Gasteiger partial charge in [-0.05, 0) is 70.7 Å². The first kappa shape index (κ1) is 47.0. The van der Waals surface area contributed by atoms with Gasteiger partial charge in [0.15, 0.2) is 23.1 Å². The summed E-state index contributed by atoms with van der Waals surface area (Å²) in [4.78, 5) is 31.7. The van der Waals surface area contributed by atoms with Crippen molar-refractivity contribution in [3.63, 3.8) is 0 Å². The number of carbonyl (C=O) groups excluding carboxylic acids is 1. The molecule has 2 aliphatic rings. The summed E-state index contributed by atoms with van der Waals surface area (Å²) in [6.45, 7) is 29.1. The average molecular weight is 895 g/mol. The van der Waals surface area contributed by atoms with E-state index < -0.39 is 35.6 Å². The number of anilines is 1. The molecule has 336 valence electrons. The number of fused-ring (bicyclic) bond motifs is 3. The predicted molar refractivity (Wildman–Crippen MR) is 249 cm³/mol. The largest absolute Gasteiger partial charge is 0.444 e. The Morgan fingerprint density at radius 1 is 0.836 bits per heavy atom. The van der Waals surface area contributed by atoms with Crippen molar-refractivity contribution < 1.29 is 28.1 Å². The third kappa shape index (κ3) is 12.6. The molecular weight excluding hydrogens is 824 g/mol. The molecule has 61 heavy (non-hydrogen) atoms. The van der Waals surface area contributed by atoms with Crippen molar-refractivity contribution in [1.29, 1.82) is 0 Å². The number of pyridine rings is 1. The van der Waals surface area contributed by atoms with Crippen LogP contribution in [0.2, 0.25) is 77.1 Å². The number of piperidine rings is 1. The average Bonchev–Trinajstić information content (AvgIpc) is 3.86. The molecule has 0 aromatic carbocycles. The number of amides is 1. The molecule has 2 aliphatic heterocycles. The van der Waals surface area contributed by atoms with Gasteiger partial charge in [-0.1, -0.05) is 65.0 Å². The number of aromatic nitrogens is 6. The standard InChI is InChI=1S/C44H71FN8O5Si3/c1-44(2,3)58-43(54)52-34-14-15-35(52)26-33(25-34)39-38(45)42(51(30-56-20-23-60(7,8)9)31-57-21-24-61(10,11)12)53-40(49-39)36(28-48-53)32-13-16-37(47-27-32)41-46-17-18-50(41)29-55-19-22-59(4,5)6/h13,16-18,27-28,33-35H,14-15,19-26,29-31H2,1-12H3. The summed E-state index contributed by atoms with van der Waals surface area (Å²) in [6, 6.07) is 6.86. The molecule has 0 spiro atoms. The van der Waals surface area contributed by atoms with Gasteiger partial charge in [-0.15, -0.1) is 0 Å². The van der Waals surface area contributed by atoms with Crippen LogP contribution < -0.4 is 4.90 Å². The highest BCUT2D eigenvalue weighted by Crippen LogP contribution is 2.45. The second-order valence-corrected chi connectivity index (χ2v) is 38.5. The smallest absolute Gasteiger partial charge is 0.410 e. The lowest BCUT2D eigenvalue weighted by Gasteiger charge is -2.39. The van der Waals surface area contributed by atoms with Crippen LogP contribution in [0.1, 0.15) is 58.1 Å². The van der Waals surface area contributed by atoms with Gasteiger partial charge in [-0.3, -0.25) is 4.98 Å². The minimum atomic E-state index is -1.38. The van der Waals surface area contributed by atoms with Gasteiger partial charge in [0.1, 0.15) is 31.5 Å². The fraction of sp³-hybridized carbons (Fsp3) is 0.659. The third-order valence-electron chi connectivity index (χ3n) is 11.3. The Bertz CT molecular complexity index is 2050. The fourth-order valence-electron chi connectivity index (χ4n) is 7.87. The molecule has 6 rings (SSSR count). The summed E-state index contributed by atoms with van der Waals surface area (Å²) in [5.41, 5.74) is 2.53. The number of carbonyl (C=O) groups is 1. The predicted octanol–water partition coefficient (Wildman–Crippen LogP) is 10.2. The highest BCUT2D eigenvalue weighted by Gasteiger charge is 2.46. The number of imidazole rings is 1. The maximum absolute atomic E-state index is 17.6. The van der Waals surface area contributed by atoms with Gasteiger partial charge in [0.2, 0.25) is 0 Å². The minimum absolute atomic E-state index is 0.0650. The molecule has 2 atom stereocenters. The van der Waals surface area contributed by atoms with Gasteiger partial charge in [-0.25, -0.2) is 19.2 Å². The summed E-state index contributed by atoms with van der Waals surface area (Å²) in [5, 5.41) is 4.80. The molecule has 2 saturated heterocycles. The van der Waals surface area contributed by atoms with Crippen molar-refractivity contribution in [3.8, 4) is 22.6 Å². The fourth-order valence-corrected chi connectivity index (χ4v) is 10.1. The lowest BCUT2D eigenvalue weighted by molar-refractivity contribution is 0.00557. The zero-order valence-electron chi connectivity index (χ0n) is 38.9. The van der Waals surface area contributed by atoms with Crippen LogP contribution in [0.5, 0.6) is 0 Å². The van der Waals surface area contributed by atoms with E-state index in [-0.39, 0.29) is 43.4 Å². The van der Waals surface area contributed by atoms with Crippen LogP contribution in [-0.2, 0) is 25.7 Å². The highest BCUT2D eigenvalue weighted by molar-refractivity contribution is 6.76. The van der Waals surface area contributed by atoms with Crippen molar-refractivity contribution in [2.45, 2.75) is 154 Å². The first-order chi connectivity index (χ1) is 28.6. The lowest BCUT2D eigenvalue weighted by Crippen LogP contribution is -2.48. The SMILES string of the molecule is CC(C)(C)OC(=O)N1C2CCC1CC(c1nc3c(-c4ccc(-c5nccn5COCC[Si](C)(C)C)nc4)cnn3c(N(COCC[Si](C)(C)C)COCC[Si](C)(C)C)c1F)C2. The Kier molecular flexibility index (Phi) is 14.7. The van der Waals surface area contributed by atoms with Crippen molar-refractivity contribution in [3.05, 3.63) is 48.4 Å². The molecule has 0 N–H and O–H groups in total. The molecule has 6 heterocycles. The molecule has 0 saturated carbocycles. The molecule has 17 heteroatoms. The van der Waals surface area contributed by atoms with E-state index >= 15 is 4.39 Å².